The summed E-state index contributed by atoms with van der Waals surface area (Å²) in [5, 5.41) is 6.30. The lowest BCUT2D eigenvalue weighted by molar-refractivity contribution is -0.120. The van der Waals surface area contributed by atoms with Crippen LogP contribution in [0.4, 0.5) is 11.4 Å². The van der Waals surface area contributed by atoms with E-state index < -0.39 is 0 Å². The molecule has 1 aromatic rings. The predicted molar refractivity (Wildman–Crippen MR) is 73.1 cm³/mol. The summed E-state index contributed by atoms with van der Waals surface area (Å²) in [4.78, 5) is 12.2. The molecule has 0 radical (unpaired) electrons. The molecule has 1 unspecified atom stereocenters. The fourth-order valence-corrected chi connectivity index (χ4v) is 2.15. The summed E-state index contributed by atoms with van der Waals surface area (Å²) in [7, 11) is 0. The number of benzene rings is 1. The zero-order valence-electron chi connectivity index (χ0n) is 11.1. The summed E-state index contributed by atoms with van der Waals surface area (Å²) in [6.07, 6.45) is 0. The zero-order chi connectivity index (χ0) is 13.1. The lowest BCUT2D eigenvalue weighted by Gasteiger charge is -2.16. The van der Waals surface area contributed by atoms with Crippen LogP contribution in [-0.2, 0) is 4.79 Å². The molecule has 1 amide bonds. The fourth-order valence-electron chi connectivity index (χ4n) is 2.15. The van der Waals surface area contributed by atoms with Crippen molar-refractivity contribution in [1.82, 2.24) is 0 Å². The van der Waals surface area contributed by atoms with E-state index in [4.69, 9.17) is 4.74 Å². The Morgan fingerprint density at radius 2 is 2.22 bits per heavy atom. The maximum absolute atomic E-state index is 12.2. The molecule has 1 aliphatic heterocycles. The van der Waals surface area contributed by atoms with Crippen molar-refractivity contribution in [2.45, 2.75) is 20.8 Å². The first kappa shape index (κ1) is 12.7. The Kier molecular flexibility index (Phi) is 3.75. The molecule has 4 nitrogen and oxygen atoms in total. The van der Waals surface area contributed by atoms with Crippen molar-refractivity contribution in [2.75, 3.05) is 23.8 Å². The highest BCUT2D eigenvalue weighted by Crippen LogP contribution is 2.35. The largest absolute Gasteiger partial charge is 0.492 e. The molecule has 2 rings (SSSR count). The van der Waals surface area contributed by atoms with Crippen LogP contribution in [0, 0.1) is 11.8 Å². The third-order valence-electron chi connectivity index (χ3n) is 3.23. The highest BCUT2D eigenvalue weighted by atomic mass is 16.5. The number of nitrogens with one attached hydrogen (secondary N) is 2. The Labute approximate surface area is 108 Å². The number of amides is 1. The van der Waals surface area contributed by atoms with Crippen LogP contribution >= 0.6 is 0 Å². The average Bonchev–Trinajstić information content (AvgIpc) is 2.49. The maximum Gasteiger partial charge on any atom is 0.229 e. The molecule has 1 aromatic carbocycles. The molecule has 98 valence electrons. The topological polar surface area (TPSA) is 50.4 Å². The van der Waals surface area contributed by atoms with Gasteiger partial charge in [0.15, 0.2) is 0 Å². The van der Waals surface area contributed by atoms with Gasteiger partial charge in [-0.3, -0.25) is 4.79 Å². The summed E-state index contributed by atoms with van der Waals surface area (Å²) in [5.41, 5.74) is 1.69. The Hall–Kier alpha value is -1.71. The molecule has 1 aliphatic rings. The fraction of sp³-hybridized carbons (Fsp3) is 0.500. The van der Waals surface area contributed by atoms with Gasteiger partial charge in [0, 0.05) is 6.54 Å². The second kappa shape index (κ2) is 5.29. The minimum atomic E-state index is -0.0214. The molecule has 0 aromatic heterocycles. The Balaban J connectivity index is 2.32. The van der Waals surface area contributed by atoms with E-state index in [9.17, 15) is 4.79 Å². The number of carbonyl (C=O) groups is 1. The molecule has 0 saturated carbocycles. The van der Waals surface area contributed by atoms with Crippen LogP contribution in [0.1, 0.15) is 20.8 Å². The summed E-state index contributed by atoms with van der Waals surface area (Å²) >= 11 is 0. The summed E-state index contributed by atoms with van der Waals surface area (Å²) in [6, 6.07) is 5.76. The Morgan fingerprint density at radius 3 is 2.89 bits per heavy atom. The van der Waals surface area contributed by atoms with E-state index in [0.717, 1.165) is 17.1 Å². The van der Waals surface area contributed by atoms with Gasteiger partial charge < -0.3 is 15.4 Å². The van der Waals surface area contributed by atoms with Crippen molar-refractivity contribution in [3.63, 3.8) is 0 Å². The van der Waals surface area contributed by atoms with Gasteiger partial charge in [-0.1, -0.05) is 19.9 Å². The van der Waals surface area contributed by atoms with Crippen molar-refractivity contribution < 1.29 is 9.53 Å². The smallest absolute Gasteiger partial charge is 0.229 e. The molecule has 0 bridgehead atoms. The first-order chi connectivity index (χ1) is 8.63. The lowest BCUT2D eigenvalue weighted by Crippen LogP contribution is -2.30. The average molecular weight is 248 g/mol. The zero-order valence-corrected chi connectivity index (χ0v) is 11.1. The third-order valence-corrected chi connectivity index (χ3v) is 3.23. The number of hydrogen-bond donors (Lipinski definition) is 2. The standard InChI is InChI=1S/C14H20N2O2/c1-4-18-12-7-5-6-11-13(12)16-14(17)10(8-15-11)9(2)3/h5-7,9-10,15H,4,8H2,1-3H3,(H,16,17). The third kappa shape index (κ3) is 2.42. The van der Waals surface area contributed by atoms with Crippen molar-refractivity contribution in [2.24, 2.45) is 11.8 Å². The van der Waals surface area contributed by atoms with E-state index >= 15 is 0 Å². The van der Waals surface area contributed by atoms with Crippen molar-refractivity contribution in [3.8, 4) is 5.75 Å². The summed E-state index contributed by atoms with van der Waals surface area (Å²) in [5.74, 6) is 1.07. The molecular formula is C14H20N2O2. The molecule has 2 N–H and O–H groups in total. The highest BCUT2D eigenvalue weighted by molar-refractivity contribution is 5.99. The Morgan fingerprint density at radius 1 is 1.44 bits per heavy atom. The van der Waals surface area contributed by atoms with Crippen molar-refractivity contribution in [1.29, 1.82) is 0 Å². The maximum atomic E-state index is 12.2. The molecule has 0 fully saturated rings. The number of rotatable bonds is 3. The van der Waals surface area contributed by atoms with E-state index in [1.54, 1.807) is 0 Å². The van der Waals surface area contributed by atoms with Gasteiger partial charge in [-0.2, -0.15) is 0 Å². The second-order valence-electron chi connectivity index (χ2n) is 4.83. The number of hydrogen-bond acceptors (Lipinski definition) is 3. The minimum absolute atomic E-state index is 0.0214. The predicted octanol–water partition coefficient (Wildman–Crippen LogP) is 2.72. The molecular weight excluding hydrogens is 228 g/mol. The van der Waals surface area contributed by atoms with E-state index in [1.807, 2.05) is 25.1 Å². The van der Waals surface area contributed by atoms with Crippen LogP contribution in [0.15, 0.2) is 18.2 Å². The van der Waals surface area contributed by atoms with E-state index in [-0.39, 0.29) is 11.8 Å². The van der Waals surface area contributed by atoms with Crippen LogP contribution in [0.3, 0.4) is 0 Å². The van der Waals surface area contributed by atoms with Gasteiger partial charge in [-0.15, -0.1) is 0 Å². The van der Waals surface area contributed by atoms with Crippen LogP contribution in [0.25, 0.3) is 0 Å². The van der Waals surface area contributed by atoms with Gasteiger partial charge in [-0.25, -0.2) is 0 Å². The minimum Gasteiger partial charge on any atom is -0.492 e. The van der Waals surface area contributed by atoms with Crippen LogP contribution in [0.5, 0.6) is 5.75 Å². The van der Waals surface area contributed by atoms with E-state index in [0.29, 0.717) is 19.1 Å². The molecule has 1 heterocycles. The number of fused-ring (bicyclic) bond motifs is 1. The number of para-hydroxylation sites is 1. The van der Waals surface area contributed by atoms with Gasteiger partial charge in [-0.05, 0) is 25.0 Å². The van der Waals surface area contributed by atoms with E-state index in [1.165, 1.54) is 0 Å². The number of carbonyl (C=O) groups excluding carboxylic acids is 1. The molecule has 0 spiro atoms. The molecule has 0 aliphatic carbocycles. The van der Waals surface area contributed by atoms with Gasteiger partial charge in [0.2, 0.25) is 5.91 Å². The normalized spacial score (nSPS) is 18.7. The molecule has 18 heavy (non-hydrogen) atoms. The monoisotopic (exact) mass is 248 g/mol. The number of ether oxygens (including phenoxy) is 1. The second-order valence-corrected chi connectivity index (χ2v) is 4.83. The quantitative estimate of drug-likeness (QED) is 0.864. The van der Waals surface area contributed by atoms with Crippen LogP contribution in [-0.4, -0.2) is 19.1 Å². The summed E-state index contributed by atoms with van der Waals surface area (Å²) in [6.45, 7) is 7.30. The number of anilines is 2. The van der Waals surface area contributed by atoms with Gasteiger partial charge in [0.25, 0.3) is 0 Å². The van der Waals surface area contributed by atoms with Gasteiger partial charge >= 0.3 is 0 Å². The first-order valence-corrected chi connectivity index (χ1v) is 6.44. The SMILES string of the molecule is CCOc1cccc2c1NC(=O)C(C(C)C)CN2. The summed E-state index contributed by atoms with van der Waals surface area (Å²) < 4.78 is 5.55. The van der Waals surface area contributed by atoms with E-state index in [2.05, 4.69) is 24.5 Å². The Bertz CT molecular complexity index is 443. The van der Waals surface area contributed by atoms with Crippen LogP contribution in [0.2, 0.25) is 0 Å². The molecule has 1 atom stereocenters. The highest BCUT2D eigenvalue weighted by Gasteiger charge is 2.27. The van der Waals surface area contributed by atoms with Gasteiger partial charge in [0.1, 0.15) is 11.4 Å². The van der Waals surface area contributed by atoms with Crippen LogP contribution < -0.4 is 15.4 Å². The molecule has 4 heteroatoms. The first-order valence-electron chi connectivity index (χ1n) is 6.44. The van der Waals surface area contributed by atoms with Crippen molar-refractivity contribution in [3.05, 3.63) is 18.2 Å². The lowest BCUT2D eigenvalue weighted by atomic mass is 9.95. The molecule has 0 saturated heterocycles. The van der Waals surface area contributed by atoms with Crippen molar-refractivity contribution >= 4 is 17.3 Å². The van der Waals surface area contributed by atoms with Gasteiger partial charge in [0.05, 0.1) is 18.2 Å².